The van der Waals surface area contributed by atoms with Crippen LogP contribution in [0.4, 0.5) is 11.4 Å². The van der Waals surface area contributed by atoms with E-state index in [0.29, 0.717) is 32.9 Å². The van der Waals surface area contributed by atoms with Gasteiger partial charge in [0, 0.05) is 18.0 Å². The number of ether oxygens (including phenoxy) is 2. The second-order valence-corrected chi connectivity index (χ2v) is 6.16. The zero-order chi connectivity index (χ0) is 19.3. The number of rotatable bonds is 6. The van der Waals surface area contributed by atoms with Gasteiger partial charge in [-0.3, -0.25) is 9.59 Å². The molecule has 1 N–H and O–H groups in total. The van der Waals surface area contributed by atoms with Crippen LogP contribution in [0.15, 0.2) is 36.4 Å². The Morgan fingerprint density at radius 3 is 2.42 bits per heavy atom. The topological polar surface area (TPSA) is 67.9 Å². The van der Waals surface area contributed by atoms with E-state index < -0.39 is 5.91 Å². The minimum absolute atomic E-state index is 0.232. The minimum Gasteiger partial charge on any atom is -0.497 e. The highest BCUT2D eigenvalue weighted by Gasteiger charge is 2.19. The standard InChI is InChI=1S/C18H18Cl2N2O4/c1-11(23)22(16-8-12(19)4-6-14(16)20)10-18(24)21-15-7-5-13(25-2)9-17(15)26-3/h4-9H,10H2,1-3H3,(H,21,24). The molecule has 8 heteroatoms. The summed E-state index contributed by atoms with van der Waals surface area (Å²) in [6.07, 6.45) is 0. The minimum atomic E-state index is -0.417. The lowest BCUT2D eigenvalue weighted by atomic mass is 10.2. The van der Waals surface area contributed by atoms with Gasteiger partial charge in [-0.05, 0) is 30.3 Å². The summed E-state index contributed by atoms with van der Waals surface area (Å²) in [5, 5.41) is 3.44. The maximum Gasteiger partial charge on any atom is 0.244 e. The van der Waals surface area contributed by atoms with Gasteiger partial charge in [-0.15, -0.1) is 0 Å². The lowest BCUT2D eigenvalue weighted by molar-refractivity contribution is -0.120. The number of methoxy groups -OCH3 is 2. The number of hydrogen-bond acceptors (Lipinski definition) is 4. The van der Waals surface area contributed by atoms with Crippen molar-refractivity contribution >= 4 is 46.4 Å². The highest BCUT2D eigenvalue weighted by Crippen LogP contribution is 2.31. The molecule has 6 nitrogen and oxygen atoms in total. The van der Waals surface area contributed by atoms with Crippen LogP contribution in [0.2, 0.25) is 10.0 Å². The Morgan fingerprint density at radius 2 is 1.81 bits per heavy atom. The van der Waals surface area contributed by atoms with Crippen molar-refractivity contribution in [2.24, 2.45) is 0 Å². The number of anilines is 2. The zero-order valence-electron chi connectivity index (χ0n) is 14.5. The van der Waals surface area contributed by atoms with Crippen molar-refractivity contribution in [3.05, 3.63) is 46.4 Å². The van der Waals surface area contributed by atoms with Gasteiger partial charge in [-0.25, -0.2) is 0 Å². The Kier molecular flexibility index (Phi) is 6.71. The number of benzene rings is 2. The van der Waals surface area contributed by atoms with Crippen molar-refractivity contribution in [2.75, 3.05) is 31.0 Å². The summed E-state index contributed by atoms with van der Waals surface area (Å²) in [6, 6.07) is 9.70. The van der Waals surface area contributed by atoms with Gasteiger partial charge in [0.2, 0.25) is 11.8 Å². The molecule has 2 aromatic carbocycles. The van der Waals surface area contributed by atoms with E-state index in [1.165, 1.54) is 32.1 Å². The first-order valence-corrected chi connectivity index (χ1v) is 8.36. The summed E-state index contributed by atoms with van der Waals surface area (Å²) in [7, 11) is 3.02. The van der Waals surface area contributed by atoms with E-state index in [2.05, 4.69) is 5.32 Å². The lowest BCUT2D eigenvalue weighted by Crippen LogP contribution is -2.37. The molecule has 26 heavy (non-hydrogen) atoms. The predicted molar refractivity (Wildman–Crippen MR) is 103 cm³/mol. The van der Waals surface area contributed by atoms with Gasteiger partial charge in [0.15, 0.2) is 0 Å². The summed E-state index contributed by atoms with van der Waals surface area (Å²) >= 11 is 12.1. The molecular formula is C18H18Cl2N2O4. The van der Waals surface area contributed by atoms with Gasteiger partial charge in [-0.1, -0.05) is 23.2 Å². The number of nitrogens with one attached hydrogen (secondary N) is 1. The number of halogens is 2. The molecule has 0 aliphatic carbocycles. The molecular weight excluding hydrogens is 379 g/mol. The quantitative estimate of drug-likeness (QED) is 0.800. The molecule has 2 aromatic rings. The largest absolute Gasteiger partial charge is 0.497 e. The number of carbonyl (C=O) groups excluding carboxylic acids is 2. The molecule has 0 fully saturated rings. The van der Waals surface area contributed by atoms with Gasteiger partial charge < -0.3 is 19.7 Å². The fraction of sp³-hybridized carbons (Fsp3) is 0.222. The molecule has 138 valence electrons. The fourth-order valence-corrected chi connectivity index (χ4v) is 2.68. The highest BCUT2D eigenvalue weighted by molar-refractivity contribution is 6.35. The van der Waals surface area contributed by atoms with E-state index in [1.807, 2.05) is 0 Å². The maximum atomic E-state index is 12.5. The number of hydrogen-bond donors (Lipinski definition) is 1. The molecule has 0 saturated carbocycles. The molecule has 0 saturated heterocycles. The van der Waals surface area contributed by atoms with Crippen LogP contribution in [-0.4, -0.2) is 32.6 Å². The van der Waals surface area contributed by atoms with Crippen LogP contribution < -0.4 is 19.7 Å². The first kappa shape index (κ1) is 19.9. The molecule has 2 rings (SSSR count). The van der Waals surface area contributed by atoms with Crippen molar-refractivity contribution in [3.63, 3.8) is 0 Å². The van der Waals surface area contributed by atoms with Crippen LogP contribution in [-0.2, 0) is 9.59 Å². The number of amides is 2. The van der Waals surface area contributed by atoms with E-state index in [4.69, 9.17) is 32.7 Å². The van der Waals surface area contributed by atoms with Crippen molar-refractivity contribution in [2.45, 2.75) is 6.92 Å². The third kappa shape index (κ3) is 4.80. The molecule has 0 spiro atoms. The first-order valence-electron chi connectivity index (χ1n) is 7.60. The molecule has 0 unspecified atom stereocenters. The van der Waals surface area contributed by atoms with E-state index >= 15 is 0 Å². The second-order valence-electron chi connectivity index (χ2n) is 5.32. The highest BCUT2D eigenvalue weighted by atomic mass is 35.5. The third-order valence-corrected chi connectivity index (χ3v) is 4.12. The molecule has 0 aliphatic heterocycles. The SMILES string of the molecule is COc1ccc(NC(=O)CN(C(C)=O)c2cc(Cl)ccc2Cl)c(OC)c1. The van der Waals surface area contributed by atoms with Crippen LogP contribution in [0.25, 0.3) is 0 Å². The smallest absolute Gasteiger partial charge is 0.244 e. The monoisotopic (exact) mass is 396 g/mol. The fourth-order valence-electron chi connectivity index (χ4n) is 2.29. The van der Waals surface area contributed by atoms with Crippen LogP contribution in [0, 0.1) is 0 Å². The first-order chi connectivity index (χ1) is 12.3. The molecule has 0 radical (unpaired) electrons. The van der Waals surface area contributed by atoms with Crippen LogP contribution in [0.1, 0.15) is 6.92 Å². The Labute approximate surface area is 161 Å². The number of carbonyl (C=O) groups is 2. The van der Waals surface area contributed by atoms with Crippen LogP contribution >= 0.6 is 23.2 Å². The predicted octanol–water partition coefficient (Wildman–Crippen LogP) is 4.00. The summed E-state index contributed by atoms with van der Waals surface area (Å²) in [6.45, 7) is 1.11. The summed E-state index contributed by atoms with van der Waals surface area (Å²) in [5.74, 6) is 0.273. The third-order valence-electron chi connectivity index (χ3n) is 3.56. The van der Waals surface area contributed by atoms with Crippen molar-refractivity contribution < 1.29 is 19.1 Å². The molecule has 0 heterocycles. The molecule has 0 aromatic heterocycles. The number of nitrogens with zero attached hydrogens (tertiary/aromatic N) is 1. The molecule has 0 aliphatic rings. The summed E-state index contributed by atoms with van der Waals surface area (Å²) in [5.41, 5.74) is 0.822. The van der Waals surface area contributed by atoms with E-state index in [9.17, 15) is 9.59 Å². The van der Waals surface area contributed by atoms with Gasteiger partial charge in [-0.2, -0.15) is 0 Å². The molecule has 0 atom stereocenters. The molecule has 0 bridgehead atoms. The van der Waals surface area contributed by atoms with E-state index in [1.54, 1.807) is 30.3 Å². The average molecular weight is 397 g/mol. The van der Waals surface area contributed by atoms with E-state index in [-0.39, 0.29) is 12.5 Å². The normalized spacial score (nSPS) is 10.2. The Morgan fingerprint density at radius 1 is 1.08 bits per heavy atom. The van der Waals surface area contributed by atoms with Crippen molar-refractivity contribution in [1.29, 1.82) is 0 Å². The Balaban J connectivity index is 2.21. The van der Waals surface area contributed by atoms with E-state index in [0.717, 1.165) is 0 Å². The summed E-state index contributed by atoms with van der Waals surface area (Å²) < 4.78 is 10.4. The van der Waals surface area contributed by atoms with Crippen LogP contribution in [0.5, 0.6) is 11.5 Å². The van der Waals surface area contributed by atoms with Gasteiger partial charge in [0.25, 0.3) is 0 Å². The van der Waals surface area contributed by atoms with Crippen molar-refractivity contribution in [1.82, 2.24) is 0 Å². The van der Waals surface area contributed by atoms with Crippen molar-refractivity contribution in [3.8, 4) is 11.5 Å². The van der Waals surface area contributed by atoms with Crippen LogP contribution in [0.3, 0.4) is 0 Å². The zero-order valence-corrected chi connectivity index (χ0v) is 16.0. The average Bonchev–Trinajstić information content (AvgIpc) is 2.62. The Hall–Kier alpha value is -2.44. The van der Waals surface area contributed by atoms with Gasteiger partial charge in [0.05, 0.1) is 30.6 Å². The Bertz CT molecular complexity index is 827. The summed E-state index contributed by atoms with van der Waals surface area (Å²) in [4.78, 5) is 25.7. The maximum absolute atomic E-state index is 12.5. The molecule has 2 amide bonds. The second kappa shape index (κ2) is 8.78. The van der Waals surface area contributed by atoms with Gasteiger partial charge in [0.1, 0.15) is 18.0 Å². The van der Waals surface area contributed by atoms with Gasteiger partial charge >= 0.3 is 0 Å². The lowest BCUT2D eigenvalue weighted by Gasteiger charge is -2.22.